The fraction of sp³-hybridized carbons (Fsp3) is 0.571. The highest BCUT2D eigenvalue weighted by Gasteiger charge is 2.25. The van der Waals surface area contributed by atoms with Gasteiger partial charge in [0.25, 0.3) is 0 Å². The van der Waals surface area contributed by atoms with E-state index in [9.17, 15) is 4.39 Å². The molecule has 2 atom stereocenters. The predicted molar refractivity (Wildman–Crippen MR) is 75.8 cm³/mol. The molecule has 0 amide bonds. The Morgan fingerprint density at radius 1 is 1.47 bits per heavy atom. The zero-order valence-electron chi connectivity index (χ0n) is 11.0. The van der Waals surface area contributed by atoms with Crippen molar-refractivity contribution in [1.29, 1.82) is 0 Å². The summed E-state index contributed by atoms with van der Waals surface area (Å²) in [5, 5.41) is 3.40. The van der Waals surface area contributed by atoms with Gasteiger partial charge in [0.1, 0.15) is 5.82 Å². The van der Waals surface area contributed by atoms with Gasteiger partial charge in [-0.3, -0.25) is 0 Å². The van der Waals surface area contributed by atoms with Crippen molar-refractivity contribution in [3.8, 4) is 0 Å². The van der Waals surface area contributed by atoms with E-state index in [4.69, 9.17) is 9.47 Å². The van der Waals surface area contributed by atoms with Gasteiger partial charge in [0.15, 0.2) is 0 Å². The smallest absolute Gasteiger partial charge is 0.123 e. The second-order valence-corrected chi connectivity index (χ2v) is 5.44. The molecule has 0 aromatic heterocycles. The van der Waals surface area contributed by atoms with E-state index in [1.807, 2.05) is 0 Å². The highest BCUT2D eigenvalue weighted by molar-refractivity contribution is 9.10. The monoisotopic (exact) mass is 331 g/mol. The van der Waals surface area contributed by atoms with E-state index in [1.54, 1.807) is 12.1 Å². The van der Waals surface area contributed by atoms with Gasteiger partial charge in [0.2, 0.25) is 0 Å². The molecule has 0 aliphatic carbocycles. The average molecular weight is 332 g/mol. The Kier molecular flexibility index (Phi) is 5.76. The van der Waals surface area contributed by atoms with Crippen molar-refractivity contribution in [1.82, 2.24) is 5.32 Å². The number of hydrogen-bond donors (Lipinski definition) is 1. The van der Waals surface area contributed by atoms with Gasteiger partial charge in [-0.15, -0.1) is 0 Å². The number of halogens is 2. The van der Waals surface area contributed by atoms with Crippen LogP contribution < -0.4 is 5.32 Å². The van der Waals surface area contributed by atoms with Crippen LogP contribution in [0.15, 0.2) is 22.7 Å². The molecule has 0 spiro atoms. The third-order valence-electron chi connectivity index (χ3n) is 3.20. The first kappa shape index (κ1) is 14.9. The van der Waals surface area contributed by atoms with E-state index in [2.05, 4.69) is 28.2 Å². The molecule has 1 fully saturated rings. The van der Waals surface area contributed by atoms with Gasteiger partial charge in [-0.25, -0.2) is 4.39 Å². The van der Waals surface area contributed by atoms with Crippen LogP contribution in [-0.4, -0.2) is 38.5 Å². The van der Waals surface area contributed by atoms with Crippen LogP contribution >= 0.6 is 15.9 Å². The van der Waals surface area contributed by atoms with Crippen molar-refractivity contribution < 1.29 is 13.9 Å². The van der Waals surface area contributed by atoms with E-state index >= 15 is 0 Å². The Morgan fingerprint density at radius 2 is 2.32 bits per heavy atom. The van der Waals surface area contributed by atoms with Crippen molar-refractivity contribution in [2.45, 2.75) is 25.5 Å². The molecule has 3 nitrogen and oxygen atoms in total. The van der Waals surface area contributed by atoms with Gasteiger partial charge >= 0.3 is 0 Å². The summed E-state index contributed by atoms with van der Waals surface area (Å²) in [5.41, 5.74) is 0.945. The summed E-state index contributed by atoms with van der Waals surface area (Å²) in [6.07, 6.45) is 0.726. The molecule has 5 heteroatoms. The third kappa shape index (κ3) is 4.24. The topological polar surface area (TPSA) is 30.5 Å². The van der Waals surface area contributed by atoms with Gasteiger partial charge in [-0.2, -0.15) is 0 Å². The number of rotatable bonds is 5. The Morgan fingerprint density at radius 3 is 3.00 bits per heavy atom. The van der Waals surface area contributed by atoms with E-state index in [-0.39, 0.29) is 18.0 Å². The second-order valence-electron chi connectivity index (χ2n) is 4.59. The molecule has 1 heterocycles. The van der Waals surface area contributed by atoms with E-state index in [0.717, 1.165) is 16.6 Å². The molecular weight excluding hydrogens is 313 g/mol. The van der Waals surface area contributed by atoms with Gasteiger partial charge in [-0.1, -0.05) is 22.9 Å². The van der Waals surface area contributed by atoms with Crippen LogP contribution in [0, 0.1) is 5.82 Å². The molecule has 0 bridgehead atoms. The Balaban J connectivity index is 2.08. The van der Waals surface area contributed by atoms with Gasteiger partial charge in [-0.05, 0) is 36.7 Å². The number of likely N-dealkylation sites (N-methyl/N-ethyl adjacent to an activating group) is 1. The maximum absolute atomic E-state index is 13.3. The molecule has 0 radical (unpaired) electrons. The van der Waals surface area contributed by atoms with Gasteiger partial charge in [0, 0.05) is 10.5 Å². The van der Waals surface area contributed by atoms with Crippen LogP contribution in [0.25, 0.3) is 0 Å². The van der Waals surface area contributed by atoms with Crippen molar-refractivity contribution in [3.05, 3.63) is 34.1 Å². The first-order valence-corrected chi connectivity index (χ1v) is 7.36. The molecule has 1 aromatic rings. The van der Waals surface area contributed by atoms with Crippen molar-refractivity contribution >= 4 is 15.9 Å². The van der Waals surface area contributed by atoms with Crippen molar-refractivity contribution in [2.24, 2.45) is 0 Å². The SMILES string of the molecule is CCNC(Cc1cc(F)ccc1Br)C1COCCO1. The lowest BCUT2D eigenvalue weighted by Gasteiger charge is -2.31. The normalized spacial score (nSPS) is 21.3. The molecule has 1 N–H and O–H groups in total. The zero-order chi connectivity index (χ0) is 13.7. The molecule has 2 rings (SSSR count). The highest BCUT2D eigenvalue weighted by Crippen LogP contribution is 2.21. The van der Waals surface area contributed by atoms with Crippen LogP contribution in [0.2, 0.25) is 0 Å². The standard InChI is InChI=1S/C14H19BrFNO2/c1-2-17-13(14-9-18-5-6-19-14)8-10-7-11(16)3-4-12(10)15/h3-4,7,13-14,17H,2,5-6,8-9H2,1H3. The summed E-state index contributed by atoms with van der Waals surface area (Å²) in [6, 6.07) is 4.89. The maximum Gasteiger partial charge on any atom is 0.123 e. The largest absolute Gasteiger partial charge is 0.376 e. The quantitative estimate of drug-likeness (QED) is 0.899. The molecule has 1 aromatic carbocycles. The van der Waals surface area contributed by atoms with Crippen molar-refractivity contribution in [2.75, 3.05) is 26.4 Å². The molecule has 1 saturated heterocycles. The summed E-state index contributed by atoms with van der Waals surface area (Å²) in [6.45, 7) is 4.76. The third-order valence-corrected chi connectivity index (χ3v) is 3.98. The Hall–Kier alpha value is -0.490. The first-order valence-electron chi connectivity index (χ1n) is 6.57. The summed E-state index contributed by atoms with van der Waals surface area (Å²) < 4.78 is 25.4. The summed E-state index contributed by atoms with van der Waals surface area (Å²) in [5.74, 6) is -0.214. The summed E-state index contributed by atoms with van der Waals surface area (Å²) in [4.78, 5) is 0. The van der Waals surface area contributed by atoms with Crippen molar-refractivity contribution in [3.63, 3.8) is 0 Å². The molecule has 0 saturated carbocycles. The Labute approximate surface area is 121 Å². The molecule has 1 aliphatic heterocycles. The van der Waals surface area contributed by atoms with Crippen LogP contribution in [0.3, 0.4) is 0 Å². The minimum absolute atomic E-state index is 0.0175. The molecule has 19 heavy (non-hydrogen) atoms. The van der Waals surface area contributed by atoms with E-state index < -0.39 is 0 Å². The minimum atomic E-state index is -0.214. The second kappa shape index (κ2) is 7.33. The number of hydrogen-bond acceptors (Lipinski definition) is 3. The maximum atomic E-state index is 13.3. The predicted octanol–water partition coefficient (Wildman–Crippen LogP) is 2.52. The fourth-order valence-electron chi connectivity index (χ4n) is 2.27. The molecule has 1 aliphatic rings. The first-order chi connectivity index (χ1) is 9.20. The van der Waals surface area contributed by atoms with Gasteiger partial charge < -0.3 is 14.8 Å². The molecular formula is C14H19BrFNO2. The lowest BCUT2D eigenvalue weighted by atomic mass is 10.0. The highest BCUT2D eigenvalue weighted by atomic mass is 79.9. The summed E-state index contributed by atoms with van der Waals surface area (Å²) in [7, 11) is 0. The average Bonchev–Trinajstić information content (AvgIpc) is 2.43. The van der Waals surface area contributed by atoms with Crippen LogP contribution in [0.5, 0.6) is 0 Å². The lowest BCUT2D eigenvalue weighted by Crippen LogP contribution is -2.47. The fourth-order valence-corrected chi connectivity index (χ4v) is 2.68. The lowest BCUT2D eigenvalue weighted by molar-refractivity contribution is -0.101. The summed E-state index contributed by atoms with van der Waals surface area (Å²) >= 11 is 3.47. The molecule has 106 valence electrons. The van der Waals surface area contributed by atoms with E-state index in [1.165, 1.54) is 6.07 Å². The number of ether oxygens (including phenoxy) is 2. The van der Waals surface area contributed by atoms with E-state index in [0.29, 0.717) is 26.2 Å². The molecule has 2 unspecified atom stereocenters. The van der Waals surface area contributed by atoms with Gasteiger partial charge in [0.05, 0.1) is 25.9 Å². The van der Waals surface area contributed by atoms with Crippen LogP contribution in [0.1, 0.15) is 12.5 Å². The zero-order valence-corrected chi connectivity index (χ0v) is 12.6. The minimum Gasteiger partial charge on any atom is -0.376 e. The Bertz CT molecular complexity index is 410. The number of benzene rings is 1. The van der Waals surface area contributed by atoms with Crippen LogP contribution in [0.4, 0.5) is 4.39 Å². The number of nitrogens with one attached hydrogen (secondary N) is 1. The van der Waals surface area contributed by atoms with Crippen LogP contribution in [-0.2, 0) is 15.9 Å².